The SMILES string of the molecule is Cc1c(Cl)cccc1C(=O)NC1(C)CCNC1. The summed E-state index contributed by atoms with van der Waals surface area (Å²) < 4.78 is 0. The van der Waals surface area contributed by atoms with Crippen molar-refractivity contribution in [2.45, 2.75) is 25.8 Å². The van der Waals surface area contributed by atoms with E-state index in [4.69, 9.17) is 11.6 Å². The minimum Gasteiger partial charge on any atom is -0.346 e. The standard InChI is InChI=1S/C13H17ClN2O/c1-9-10(4-3-5-11(9)14)12(17)16-13(2)6-7-15-8-13/h3-5,15H,6-8H2,1-2H3,(H,16,17). The first-order chi connectivity index (χ1) is 8.02. The van der Waals surface area contributed by atoms with Crippen LogP contribution in [0.2, 0.25) is 5.02 Å². The van der Waals surface area contributed by atoms with Crippen LogP contribution in [0.3, 0.4) is 0 Å². The van der Waals surface area contributed by atoms with Gasteiger partial charge in [-0.25, -0.2) is 0 Å². The summed E-state index contributed by atoms with van der Waals surface area (Å²) in [5.41, 5.74) is 1.35. The first kappa shape index (κ1) is 12.4. The van der Waals surface area contributed by atoms with E-state index in [9.17, 15) is 4.79 Å². The third-order valence-electron chi connectivity index (χ3n) is 3.30. The van der Waals surface area contributed by atoms with E-state index in [1.54, 1.807) is 12.1 Å². The highest BCUT2D eigenvalue weighted by atomic mass is 35.5. The van der Waals surface area contributed by atoms with Crippen molar-refractivity contribution >= 4 is 17.5 Å². The van der Waals surface area contributed by atoms with Crippen molar-refractivity contribution in [3.05, 3.63) is 34.3 Å². The van der Waals surface area contributed by atoms with E-state index < -0.39 is 0 Å². The molecule has 1 aliphatic rings. The monoisotopic (exact) mass is 252 g/mol. The number of rotatable bonds is 2. The summed E-state index contributed by atoms with van der Waals surface area (Å²) in [5, 5.41) is 6.97. The molecule has 1 heterocycles. The molecule has 1 aromatic carbocycles. The molecule has 1 aromatic rings. The van der Waals surface area contributed by atoms with E-state index >= 15 is 0 Å². The van der Waals surface area contributed by atoms with Gasteiger partial charge < -0.3 is 10.6 Å². The van der Waals surface area contributed by atoms with E-state index in [1.165, 1.54) is 0 Å². The van der Waals surface area contributed by atoms with Gasteiger partial charge in [0.15, 0.2) is 0 Å². The fraction of sp³-hybridized carbons (Fsp3) is 0.462. The molecule has 1 fully saturated rings. The van der Waals surface area contributed by atoms with E-state index in [1.807, 2.05) is 13.0 Å². The average Bonchev–Trinajstić information content (AvgIpc) is 2.68. The van der Waals surface area contributed by atoms with E-state index in [0.29, 0.717) is 10.6 Å². The summed E-state index contributed by atoms with van der Waals surface area (Å²) in [6.07, 6.45) is 0.957. The highest BCUT2D eigenvalue weighted by Crippen LogP contribution is 2.20. The third kappa shape index (κ3) is 2.61. The molecule has 0 bridgehead atoms. The van der Waals surface area contributed by atoms with Crippen molar-refractivity contribution in [2.75, 3.05) is 13.1 Å². The van der Waals surface area contributed by atoms with Crippen molar-refractivity contribution in [1.29, 1.82) is 0 Å². The molecule has 0 saturated carbocycles. The van der Waals surface area contributed by atoms with Crippen LogP contribution in [0.4, 0.5) is 0 Å². The Kier molecular flexibility index (Phi) is 3.40. The Hall–Kier alpha value is -1.06. The van der Waals surface area contributed by atoms with Gasteiger partial charge in [0, 0.05) is 17.1 Å². The van der Waals surface area contributed by atoms with Gasteiger partial charge in [0.2, 0.25) is 0 Å². The summed E-state index contributed by atoms with van der Waals surface area (Å²) >= 11 is 6.02. The summed E-state index contributed by atoms with van der Waals surface area (Å²) in [7, 11) is 0. The number of amides is 1. The number of hydrogen-bond donors (Lipinski definition) is 2. The van der Waals surface area contributed by atoms with Crippen molar-refractivity contribution in [3.63, 3.8) is 0 Å². The van der Waals surface area contributed by atoms with Gasteiger partial charge in [-0.15, -0.1) is 0 Å². The molecule has 0 radical (unpaired) electrons. The van der Waals surface area contributed by atoms with Crippen molar-refractivity contribution in [1.82, 2.24) is 10.6 Å². The first-order valence-corrected chi connectivity index (χ1v) is 6.18. The molecule has 2 rings (SSSR count). The molecule has 17 heavy (non-hydrogen) atoms. The molecule has 3 nitrogen and oxygen atoms in total. The molecule has 1 aliphatic heterocycles. The van der Waals surface area contributed by atoms with Gasteiger partial charge in [0.25, 0.3) is 5.91 Å². The largest absolute Gasteiger partial charge is 0.346 e. The van der Waals surface area contributed by atoms with E-state index in [2.05, 4.69) is 17.6 Å². The number of carbonyl (C=O) groups excluding carboxylic acids is 1. The number of carbonyl (C=O) groups is 1. The van der Waals surface area contributed by atoms with Crippen molar-refractivity contribution < 1.29 is 4.79 Å². The minimum atomic E-state index is -0.147. The van der Waals surface area contributed by atoms with Gasteiger partial charge >= 0.3 is 0 Å². The lowest BCUT2D eigenvalue weighted by Gasteiger charge is -2.25. The topological polar surface area (TPSA) is 41.1 Å². The maximum Gasteiger partial charge on any atom is 0.252 e. The van der Waals surface area contributed by atoms with Crippen molar-refractivity contribution in [2.24, 2.45) is 0 Å². The normalized spacial score (nSPS) is 23.7. The molecule has 92 valence electrons. The Labute approximate surface area is 107 Å². The van der Waals surface area contributed by atoms with Gasteiger partial charge in [-0.1, -0.05) is 17.7 Å². The second-order valence-corrected chi connectivity index (χ2v) is 5.26. The predicted molar refractivity (Wildman–Crippen MR) is 69.5 cm³/mol. The quantitative estimate of drug-likeness (QED) is 0.847. The zero-order chi connectivity index (χ0) is 12.5. The lowest BCUT2D eigenvalue weighted by molar-refractivity contribution is 0.0912. The highest BCUT2D eigenvalue weighted by Gasteiger charge is 2.30. The van der Waals surface area contributed by atoms with Crippen molar-refractivity contribution in [3.8, 4) is 0 Å². The zero-order valence-electron chi connectivity index (χ0n) is 10.1. The van der Waals surface area contributed by atoms with Crippen LogP contribution in [-0.4, -0.2) is 24.5 Å². The van der Waals surface area contributed by atoms with Crippen LogP contribution in [0, 0.1) is 6.92 Å². The van der Waals surface area contributed by atoms with Crippen LogP contribution in [0.25, 0.3) is 0 Å². The highest BCUT2D eigenvalue weighted by molar-refractivity contribution is 6.31. The smallest absolute Gasteiger partial charge is 0.252 e. The second-order valence-electron chi connectivity index (χ2n) is 4.85. The number of nitrogens with one attached hydrogen (secondary N) is 2. The molecule has 1 unspecified atom stereocenters. The summed E-state index contributed by atoms with van der Waals surface area (Å²) in [6, 6.07) is 5.41. The summed E-state index contributed by atoms with van der Waals surface area (Å²) in [4.78, 5) is 12.2. The fourth-order valence-electron chi connectivity index (χ4n) is 2.12. The molecular weight excluding hydrogens is 236 g/mol. The van der Waals surface area contributed by atoms with Crippen LogP contribution in [0.1, 0.15) is 29.3 Å². The Morgan fingerprint density at radius 2 is 2.29 bits per heavy atom. The van der Waals surface area contributed by atoms with Crippen LogP contribution in [0.15, 0.2) is 18.2 Å². The lowest BCUT2D eigenvalue weighted by atomic mass is 10.00. The molecule has 0 spiro atoms. The van der Waals surface area contributed by atoms with E-state index in [0.717, 1.165) is 25.1 Å². The van der Waals surface area contributed by atoms with Crippen LogP contribution in [-0.2, 0) is 0 Å². The van der Waals surface area contributed by atoms with Gasteiger partial charge in [0.1, 0.15) is 0 Å². The molecule has 0 aliphatic carbocycles. The van der Waals surface area contributed by atoms with Gasteiger partial charge in [-0.3, -0.25) is 4.79 Å². The lowest BCUT2D eigenvalue weighted by Crippen LogP contribution is -2.47. The second kappa shape index (κ2) is 4.67. The average molecular weight is 253 g/mol. The van der Waals surface area contributed by atoms with Crippen LogP contribution in [0.5, 0.6) is 0 Å². The Bertz CT molecular complexity index is 439. The molecule has 4 heteroatoms. The number of benzene rings is 1. The fourth-order valence-corrected chi connectivity index (χ4v) is 2.29. The maximum absolute atomic E-state index is 12.2. The first-order valence-electron chi connectivity index (χ1n) is 5.80. The summed E-state index contributed by atoms with van der Waals surface area (Å²) in [5.74, 6) is -0.0452. The summed E-state index contributed by atoms with van der Waals surface area (Å²) in [6.45, 7) is 5.70. The zero-order valence-corrected chi connectivity index (χ0v) is 10.9. The predicted octanol–water partition coefficient (Wildman–Crippen LogP) is 2.13. The number of hydrogen-bond acceptors (Lipinski definition) is 2. The molecule has 1 atom stereocenters. The Morgan fingerprint density at radius 3 is 2.94 bits per heavy atom. The van der Waals surface area contributed by atoms with Gasteiger partial charge in [-0.2, -0.15) is 0 Å². The van der Waals surface area contributed by atoms with Crippen LogP contribution < -0.4 is 10.6 Å². The maximum atomic E-state index is 12.2. The van der Waals surface area contributed by atoms with E-state index in [-0.39, 0.29) is 11.4 Å². The molecule has 0 aromatic heterocycles. The minimum absolute atomic E-state index is 0.0452. The Balaban J connectivity index is 2.17. The Morgan fingerprint density at radius 1 is 1.53 bits per heavy atom. The third-order valence-corrected chi connectivity index (χ3v) is 3.71. The van der Waals surface area contributed by atoms with Gasteiger partial charge in [-0.05, 0) is 44.5 Å². The number of halogens is 1. The van der Waals surface area contributed by atoms with Crippen LogP contribution >= 0.6 is 11.6 Å². The molecular formula is C13H17ClN2O. The molecule has 1 amide bonds. The molecule has 2 N–H and O–H groups in total. The van der Waals surface area contributed by atoms with Gasteiger partial charge in [0.05, 0.1) is 5.54 Å². The molecule has 1 saturated heterocycles.